The predicted molar refractivity (Wildman–Crippen MR) is 131 cm³/mol. The number of aryl methyl sites for hydroxylation is 1. The van der Waals surface area contributed by atoms with Crippen LogP contribution in [0.25, 0.3) is 0 Å². The molecule has 0 saturated carbocycles. The second kappa shape index (κ2) is 9.25. The first kappa shape index (κ1) is 22.7. The zero-order valence-electron chi connectivity index (χ0n) is 18.6. The Hall–Kier alpha value is -2.13. The number of amides is 2. The van der Waals surface area contributed by atoms with Gasteiger partial charge in [-0.3, -0.25) is 24.7 Å². The number of hydrogen-bond acceptors (Lipinski definition) is 7. The van der Waals surface area contributed by atoms with Crippen molar-refractivity contribution < 1.29 is 9.59 Å². The number of hydrogen-bond donors (Lipinski definition) is 2. The fourth-order valence-corrected chi connectivity index (χ4v) is 5.77. The molecule has 4 heterocycles. The standard InChI is InChI=1S/C24H28ClN5O2S/c1-15-10-18(25)12-21(26-15)29-8-6-28(7-9-29)13-16-2-3-17-14-30(24(33)19(17)11-16)20-4-5-22(31)27-23(20)32/h2-3,10-12,20,24,33H,4-9,13-14H2,1H3,(H,27,31,32). The number of thiol groups is 1. The van der Waals surface area contributed by atoms with Crippen molar-refractivity contribution in [2.45, 2.75) is 44.3 Å². The maximum atomic E-state index is 12.4. The van der Waals surface area contributed by atoms with E-state index >= 15 is 0 Å². The number of benzene rings is 1. The lowest BCUT2D eigenvalue weighted by atomic mass is 10.0. The average molecular weight is 486 g/mol. The molecule has 33 heavy (non-hydrogen) atoms. The van der Waals surface area contributed by atoms with Gasteiger partial charge in [0.15, 0.2) is 0 Å². The monoisotopic (exact) mass is 485 g/mol. The maximum absolute atomic E-state index is 12.4. The van der Waals surface area contributed by atoms with Gasteiger partial charge in [-0.2, -0.15) is 12.6 Å². The van der Waals surface area contributed by atoms with E-state index in [-0.39, 0.29) is 23.2 Å². The van der Waals surface area contributed by atoms with E-state index in [1.807, 2.05) is 19.1 Å². The van der Waals surface area contributed by atoms with Crippen LogP contribution in [0.2, 0.25) is 5.02 Å². The first-order valence-electron chi connectivity index (χ1n) is 11.4. The Bertz CT molecular complexity index is 1070. The van der Waals surface area contributed by atoms with Gasteiger partial charge in [0.25, 0.3) is 0 Å². The highest BCUT2D eigenvalue weighted by atomic mass is 35.5. The average Bonchev–Trinajstić information content (AvgIpc) is 3.09. The maximum Gasteiger partial charge on any atom is 0.243 e. The summed E-state index contributed by atoms with van der Waals surface area (Å²) in [6.45, 7) is 7.26. The van der Waals surface area contributed by atoms with Crippen LogP contribution in [0.3, 0.4) is 0 Å². The summed E-state index contributed by atoms with van der Waals surface area (Å²) in [5.74, 6) is 0.552. The lowest BCUT2D eigenvalue weighted by Crippen LogP contribution is -2.51. The van der Waals surface area contributed by atoms with Gasteiger partial charge in [0.2, 0.25) is 11.8 Å². The number of fused-ring (bicyclic) bond motifs is 1. The summed E-state index contributed by atoms with van der Waals surface area (Å²) in [6, 6.07) is 10.1. The molecule has 0 bridgehead atoms. The Kier molecular flexibility index (Phi) is 6.35. The van der Waals surface area contributed by atoms with Crippen LogP contribution in [-0.2, 0) is 22.7 Å². The lowest BCUT2D eigenvalue weighted by Gasteiger charge is -2.35. The number of piperazine rings is 1. The minimum Gasteiger partial charge on any atom is -0.354 e. The van der Waals surface area contributed by atoms with Crippen molar-refractivity contribution in [3.05, 3.63) is 57.7 Å². The molecule has 174 valence electrons. The van der Waals surface area contributed by atoms with E-state index in [2.05, 4.69) is 43.2 Å². The molecule has 2 amide bonds. The van der Waals surface area contributed by atoms with Crippen LogP contribution in [0.5, 0.6) is 0 Å². The van der Waals surface area contributed by atoms with Crippen LogP contribution < -0.4 is 10.2 Å². The third kappa shape index (κ3) is 4.75. The Labute approximate surface area is 204 Å². The summed E-state index contributed by atoms with van der Waals surface area (Å²) in [7, 11) is 0. The van der Waals surface area contributed by atoms with Gasteiger partial charge >= 0.3 is 0 Å². The molecule has 0 radical (unpaired) electrons. The third-order valence-electron chi connectivity index (χ3n) is 6.77. The molecule has 5 rings (SSSR count). The van der Waals surface area contributed by atoms with Crippen LogP contribution in [0.15, 0.2) is 30.3 Å². The van der Waals surface area contributed by atoms with Crippen LogP contribution >= 0.6 is 24.2 Å². The van der Waals surface area contributed by atoms with Crippen molar-refractivity contribution in [1.82, 2.24) is 20.1 Å². The summed E-state index contributed by atoms with van der Waals surface area (Å²) in [4.78, 5) is 35.3. The molecule has 3 aliphatic rings. The first-order valence-corrected chi connectivity index (χ1v) is 12.3. The van der Waals surface area contributed by atoms with Crippen LogP contribution in [-0.4, -0.2) is 58.8 Å². The Morgan fingerprint density at radius 3 is 2.67 bits per heavy atom. The molecule has 0 aliphatic carbocycles. The van der Waals surface area contributed by atoms with E-state index in [4.69, 9.17) is 24.2 Å². The van der Waals surface area contributed by atoms with E-state index in [9.17, 15) is 9.59 Å². The number of nitrogens with zero attached hydrogens (tertiary/aromatic N) is 4. The first-order chi connectivity index (χ1) is 15.9. The number of rotatable bonds is 4. The molecule has 2 saturated heterocycles. The number of aromatic nitrogens is 1. The second-order valence-corrected chi connectivity index (χ2v) is 10.0. The minimum atomic E-state index is -0.308. The van der Waals surface area contributed by atoms with Crippen molar-refractivity contribution >= 4 is 41.9 Å². The van der Waals surface area contributed by atoms with Gasteiger partial charge in [0.1, 0.15) is 5.82 Å². The van der Waals surface area contributed by atoms with Crippen molar-refractivity contribution in [1.29, 1.82) is 0 Å². The van der Waals surface area contributed by atoms with Gasteiger partial charge in [-0.05, 0) is 42.2 Å². The van der Waals surface area contributed by atoms with Crippen LogP contribution in [0.4, 0.5) is 5.82 Å². The lowest BCUT2D eigenvalue weighted by molar-refractivity contribution is -0.137. The molecule has 1 aromatic heterocycles. The highest BCUT2D eigenvalue weighted by Crippen LogP contribution is 2.39. The fourth-order valence-electron chi connectivity index (χ4n) is 5.03. The highest BCUT2D eigenvalue weighted by molar-refractivity contribution is 7.80. The number of halogens is 1. The Morgan fingerprint density at radius 1 is 1.15 bits per heavy atom. The third-order valence-corrected chi connectivity index (χ3v) is 7.57. The normalized spacial score (nSPS) is 24.2. The molecular formula is C24H28ClN5O2S. The number of anilines is 1. The smallest absolute Gasteiger partial charge is 0.243 e. The Balaban J connectivity index is 1.21. The zero-order chi connectivity index (χ0) is 23.1. The van der Waals surface area contributed by atoms with Gasteiger partial charge in [-0.25, -0.2) is 4.98 Å². The fraction of sp³-hybridized carbons (Fsp3) is 0.458. The van der Waals surface area contributed by atoms with Crippen molar-refractivity contribution in [2.24, 2.45) is 0 Å². The van der Waals surface area contributed by atoms with Gasteiger partial charge in [-0.15, -0.1) is 0 Å². The molecule has 2 aromatic rings. The van der Waals surface area contributed by atoms with Crippen LogP contribution in [0.1, 0.15) is 40.6 Å². The summed E-state index contributed by atoms with van der Waals surface area (Å²) in [5, 5.41) is 3.05. The topological polar surface area (TPSA) is 68.8 Å². The van der Waals surface area contributed by atoms with Gasteiger partial charge in [0, 0.05) is 56.4 Å². The molecule has 1 aromatic carbocycles. The van der Waals surface area contributed by atoms with E-state index in [1.54, 1.807) is 0 Å². The Morgan fingerprint density at radius 2 is 1.94 bits per heavy atom. The predicted octanol–water partition coefficient (Wildman–Crippen LogP) is 2.91. The molecule has 2 fully saturated rings. The number of carbonyl (C=O) groups excluding carboxylic acids is 2. The van der Waals surface area contributed by atoms with Gasteiger partial charge in [-0.1, -0.05) is 29.8 Å². The van der Waals surface area contributed by atoms with Crippen molar-refractivity contribution in [3.63, 3.8) is 0 Å². The molecule has 3 aliphatic heterocycles. The van der Waals surface area contributed by atoms with E-state index < -0.39 is 0 Å². The quantitative estimate of drug-likeness (QED) is 0.512. The van der Waals surface area contributed by atoms with Crippen LogP contribution in [0, 0.1) is 6.92 Å². The molecular weight excluding hydrogens is 458 g/mol. The van der Waals surface area contributed by atoms with Crippen molar-refractivity contribution in [3.8, 4) is 0 Å². The largest absolute Gasteiger partial charge is 0.354 e. The van der Waals surface area contributed by atoms with Gasteiger partial charge < -0.3 is 4.90 Å². The van der Waals surface area contributed by atoms with E-state index in [0.29, 0.717) is 19.4 Å². The molecule has 7 nitrogen and oxygen atoms in total. The number of carbonyl (C=O) groups is 2. The summed E-state index contributed by atoms with van der Waals surface area (Å²) >= 11 is 11.1. The summed E-state index contributed by atoms with van der Waals surface area (Å²) < 4.78 is 0. The number of pyridine rings is 1. The number of nitrogens with one attached hydrogen (secondary N) is 1. The molecule has 9 heteroatoms. The zero-order valence-corrected chi connectivity index (χ0v) is 20.3. The number of piperidine rings is 1. The van der Waals surface area contributed by atoms with Gasteiger partial charge in [0.05, 0.1) is 11.4 Å². The highest BCUT2D eigenvalue weighted by Gasteiger charge is 2.39. The van der Waals surface area contributed by atoms with E-state index in [0.717, 1.165) is 54.8 Å². The number of imide groups is 1. The SMILES string of the molecule is Cc1cc(Cl)cc(N2CCN(Cc3ccc4c(c3)C(S)N(C3CCC(=O)NC3=O)C4)CC2)n1. The minimum absolute atomic E-state index is 0.141. The summed E-state index contributed by atoms with van der Waals surface area (Å²) in [5.41, 5.74) is 4.56. The molecule has 2 atom stereocenters. The van der Waals surface area contributed by atoms with Crippen molar-refractivity contribution in [2.75, 3.05) is 31.1 Å². The van der Waals surface area contributed by atoms with E-state index in [1.165, 1.54) is 11.1 Å². The molecule has 1 N–H and O–H groups in total. The molecule has 0 spiro atoms. The second-order valence-electron chi connectivity index (χ2n) is 9.09. The molecule has 2 unspecified atom stereocenters. The summed E-state index contributed by atoms with van der Waals surface area (Å²) in [6.07, 6.45) is 0.930.